The molecule has 106 valence electrons. The van der Waals surface area contributed by atoms with Crippen LogP contribution < -0.4 is 10.5 Å². The molecular formula is C12H24N2O4. The van der Waals surface area contributed by atoms with Gasteiger partial charge in [0.2, 0.25) is 0 Å². The molecule has 2 rings (SSSR count). The molecule has 0 heterocycles. The van der Waals surface area contributed by atoms with Gasteiger partial charge in [0.05, 0.1) is 0 Å². The van der Waals surface area contributed by atoms with Gasteiger partial charge in [-0.05, 0) is 25.7 Å². The second-order valence-electron chi connectivity index (χ2n) is 5.47. The smallest absolute Gasteiger partial charge is 0.120 e. The van der Waals surface area contributed by atoms with E-state index >= 15 is 0 Å². The van der Waals surface area contributed by atoms with Crippen molar-refractivity contribution in [1.82, 2.24) is 0 Å². The highest BCUT2D eigenvalue weighted by atomic mass is 17.4. The van der Waals surface area contributed by atoms with E-state index in [0.29, 0.717) is 0 Å². The quantitative estimate of drug-likeness (QED) is 0.547. The maximum Gasteiger partial charge on any atom is 0.120 e. The largest absolute Gasteiger partial charge is 0.597 e. The molecule has 6 heteroatoms. The molecule has 2 atom stereocenters. The zero-order chi connectivity index (χ0) is 12.8. The predicted molar refractivity (Wildman–Crippen MR) is 64.6 cm³/mol. The van der Waals surface area contributed by atoms with Crippen LogP contribution in [0.4, 0.5) is 0 Å². The summed E-state index contributed by atoms with van der Waals surface area (Å²) in [5.41, 5.74) is 0. The first-order valence-corrected chi connectivity index (χ1v) is 7.19. The molecular weight excluding hydrogens is 236 g/mol. The van der Waals surface area contributed by atoms with Crippen molar-refractivity contribution in [3.8, 4) is 0 Å². The Morgan fingerprint density at radius 1 is 0.611 bits per heavy atom. The molecule has 0 radical (unpaired) electrons. The van der Waals surface area contributed by atoms with Gasteiger partial charge in [0.25, 0.3) is 0 Å². The summed E-state index contributed by atoms with van der Waals surface area (Å²) in [5, 5.41) is 22.6. The van der Waals surface area contributed by atoms with E-state index in [9.17, 15) is 10.4 Å². The van der Waals surface area contributed by atoms with Gasteiger partial charge in [-0.3, -0.25) is 0 Å². The molecule has 2 saturated carbocycles. The molecule has 0 amide bonds. The van der Waals surface area contributed by atoms with Gasteiger partial charge in [0, 0.05) is 35.7 Å². The van der Waals surface area contributed by atoms with Gasteiger partial charge in [-0.1, -0.05) is 12.8 Å². The van der Waals surface area contributed by atoms with Crippen LogP contribution in [0.1, 0.15) is 64.2 Å². The maximum absolute atomic E-state index is 11.7. The van der Waals surface area contributed by atoms with Crippen molar-refractivity contribution in [2.24, 2.45) is 0 Å². The Balaban J connectivity index is 1.66. The van der Waals surface area contributed by atoms with Crippen LogP contribution in [0.15, 0.2) is 0 Å². The normalized spacial score (nSPS) is 27.0. The van der Waals surface area contributed by atoms with E-state index in [1.807, 2.05) is 0 Å². The highest BCUT2D eigenvalue weighted by Gasteiger charge is 2.25. The molecule has 2 unspecified atom stereocenters. The zero-order valence-corrected chi connectivity index (χ0v) is 10.9. The zero-order valence-electron chi connectivity index (χ0n) is 10.9. The van der Waals surface area contributed by atoms with E-state index in [4.69, 9.17) is 9.98 Å². The van der Waals surface area contributed by atoms with Crippen LogP contribution in [0.5, 0.6) is 0 Å². The molecule has 0 aromatic carbocycles. The van der Waals surface area contributed by atoms with Crippen molar-refractivity contribution >= 4 is 0 Å². The predicted octanol–water partition coefficient (Wildman–Crippen LogP) is 0.195. The average Bonchev–Trinajstić information content (AvgIpc) is 2.46. The second kappa shape index (κ2) is 7.37. The van der Waals surface area contributed by atoms with Crippen LogP contribution in [0.3, 0.4) is 0 Å². The lowest BCUT2D eigenvalue weighted by molar-refractivity contribution is -1.25. The summed E-state index contributed by atoms with van der Waals surface area (Å²) in [6, 6.07) is -0.143. The van der Waals surface area contributed by atoms with Crippen LogP contribution in [0.25, 0.3) is 0 Å². The highest BCUT2D eigenvalue weighted by molar-refractivity contribution is 4.63. The summed E-state index contributed by atoms with van der Waals surface area (Å²) in [4.78, 5) is 9.42. The van der Waals surface area contributed by atoms with Crippen LogP contribution in [-0.4, -0.2) is 12.1 Å². The van der Waals surface area contributed by atoms with Crippen LogP contribution >= 0.6 is 0 Å². The third-order valence-corrected chi connectivity index (χ3v) is 4.08. The molecule has 0 spiro atoms. The van der Waals surface area contributed by atoms with Crippen LogP contribution in [0.2, 0.25) is 0 Å². The van der Waals surface area contributed by atoms with E-state index < -0.39 is 0 Å². The first kappa shape index (κ1) is 14.2. The second-order valence-corrected chi connectivity index (χ2v) is 5.47. The van der Waals surface area contributed by atoms with Crippen molar-refractivity contribution in [3.05, 3.63) is 10.4 Å². The molecule has 0 aliphatic heterocycles. The average molecular weight is 260 g/mol. The maximum atomic E-state index is 11.7. The summed E-state index contributed by atoms with van der Waals surface area (Å²) in [6.07, 6.45) is 10.1. The molecule has 0 aromatic rings. The number of rotatable bonds is 5. The lowest BCUT2D eigenvalue weighted by Gasteiger charge is -2.33. The fourth-order valence-electron chi connectivity index (χ4n) is 2.89. The van der Waals surface area contributed by atoms with Crippen LogP contribution in [-0.2, 0) is 9.98 Å². The molecule has 18 heavy (non-hydrogen) atoms. The van der Waals surface area contributed by atoms with Crippen molar-refractivity contribution in [1.29, 1.82) is 0 Å². The first-order chi connectivity index (χ1) is 8.77. The number of hydrogen-bond donors (Lipinski definition) is 2. The molecule has 0 bridgehead atoms. The van der Waals surface area contributed by atoms with Gasteiger partial charge in [0.1, 0.15) is 12.1 Å². The van der Waals surface area contributed by atoms with Gasteiger partial charge < -0.3 is 10.4 Å². The molecule has 2 fully saturated rings. The highest BCUT2D eigenvalue weighted by Crippen LogP contribution is 2.16. The lowest BCUT2D eigenvalue weighted by atomic mass is 9.96. The lowest BCUT2D eigenvalue weighted by Crippen LogP contribution is -3.17. The van der Waals surface area contributed by atoms with E-state index in [-0.39, 0.29) is 22.5 Å². The fraction of sp³-hybridized carbons (Fsp3) is 1.00. The Labute approximate surface area is 108 Å². The number of hydrogen-bond acceptors (Lipinski definition) is 4. The van der Waals surface area contributed by atoms with Gasteiger partial charge in [-0.25, -0.2) is 0 Å². The number of hydroxylamine groups is 4. The molecule has 6 nitrogen and oxygen atoms in total. The summed E-state index contributed by atoms with van der Waals surface area (Å²) in [6.45, 7) is 0. The fourth-order valence-corrected chi connectivity index (χ4v) is 2.89. The molecule has 0 saturated heterocycles. The molecule has 0 aromatic heterocycles. The topological polar surface area (TPSA) is 73.5 Å². The summed E-state index contributed by atoms with van der Waals surface area (Å²) in [7, 11) is 0. The minimum absolute atomic E-state index is 0.0714. The minimum atomic E-state index is -0.362. The summed E-state index contributed by atoms with van der Waals surface area (Å²) < 4.78 is 0. The van der Waals surface area contributed by atoms with Crippen molar-refractivity contribution in [3.63, 3.8) is 0 Å². The SMILES string of the molecule is [O-][NH+](OO[NH+]([O-])C1CCCCC1)C1CCCCC1. The summed E-state index contributed by atoms with van der Waals surface area (Å²) in [5.74, 6) is 0. The molecule has 2 aliphatic rings. The standard InChI is InChI=1S/C12H24N2O4/c15-13(11-7-3-1-4-8-11)17-18-14(16)12-9-5-2-6-10-12/h11-14H,1-10H2. The van der Waals surface area contributed by atoms with Crippen molar-refractivity contribution in [2.45, 2.75) is 76.3 Å². The first-order valence-electron chi connectivity index (χ1n) is 7.19. The van der Waals surface area contributed by atoms with E-state index in [1.165, 1.54) is 12.8 Å². The monoisotopic (exact) mass is 260 g/mol. The van der Waals surface area contributed by atoms with Gasteiger partial charge >= 0.3 is 0 Å². The third kappa shape index (κ3) is 4.15. The Morgan fingerprint density at radius 2 is 0.944 bits per heavy atom. The van der Waals surface area contributed by atoms with Gasteiger partial charge in [0.15, 0.2) is 0 Å². The number of quaternary nitrogens is 2. The Morgan fingerprint density at radius 3 is 1.28 bits per heavy atom. The third-order valence-electron chi connectivity index (χ3n) is 4.08. The van der Waals surface area contributed by atoms with E-state index in [0.717, 1.165) is 51.4 Å². The van der Waals surface area contributed by atoms with E-state index in [2.05, 4.69) is 0 Å². The molecule has 2 aliphatic carbocycles. The van der Waals surface area contributed by atoms with Crippen molar-refractivity contribution in [2.75, 3.05) is 0 Å². The summed E-state index contributed by atoms with van der Waals surface area (Å²) >= 11 is 0. The van der Waals surface area contributed by atoms with Gasteiger partial charge in [-0.15, -0.1) is 0 Å². The Bertz CT molecular complexity index is 206. The van der Waals surface area contributed by atoms with E-state index in [1.54, 1.807) is 0 Å². The molecule has 2 N–H and O–H groups in total. The van der Waals surface area contributed by atoms with Gasteiger partial charge in [-0.2, -0.15) is 10.5 Å². The minimum Gasteiger partial charge on any atom is -0.597 e. The Kier molecular flexibility index (Phi) is 5.81. The van der Waals surface area contributed by atoms with Crippen LogP contribution in [0, 0.1) is 10.4 Å². The Hall–Kier alpha value is -0.240. The van der Waals surface area contributed by atoms with Crippen molar-refractivity contribution < 1.29 is 20.4 Å². The number of nitrogens with one attached hydrogen (secondary N) is 2.